The van der Waals surface area contributed by atoms with E-state index in [0.29, 0.717) is 0 Å². The molecule has 74 valence electrons. The second-order valence-electron chi connectivity index (χ2n) is 3.53. The highest BCUT2D eigenvalue weighted by Crippen LogP contribution is 2.10. The number of aliphatic hydroxyl groups is 1. The standard InChI is InChI=1S/C9H21NOS/c1-8(2)3-5-12-6-4-9(10)7-11/h8-9,11H,3-7,10H2,1-2H3. The van der Waals surface area contributed by atoms with E-state index in [1.807, 2.05) is 11.8 Å². The summed E-state index contributed by atoms with van der Waals surface area (Å²) in [5.41, 5.74) is 5.55. The van der Waals surface area contributed by atoms with Gasteiger partial charge >= 0.3 is 0 Å². The van der Waals surface area contributed by atoms with Crippen molar-refractivity contribution in [1.29, 1.82) is 0 Å². The molecule has 2 nitrogen and oxygen atoms in total. The van der Waals surface area contributed by atoms with Crippen LogP contribution in [0.15, 0.2) is 0 Å². The van der Waals surface area contributed by atoms with E-state index in [0.717, 1.165) is 18.1 Å². The quantitative estimate of drug-likeness (QED) is 0.599. The second kappa shape index (κ2) is 7.90. The summed E-state index contributed by atoms with van der Waals surface area (Å²) < 4.78 is 0. The maximum Gasteiger partial charge on any atom is 0.0582 e. The molecule has 3 N–H and O–H groups in total. The summed E-state index contributed by atoms with van der Waals surface area (Å²) in [5, 5.41) is 8.65. The molecule has 0 aromatic rings. The van der Waals surface area contributed by atoms with E-state index in [1.165, 1.54) is 12.2 Å². The molecule has 0 aliphatic heterocycles. The van der Waals surface area contributed by atoms with Gasteiger partial charge in [0.15, 0.2) is 0 Å². The van der Waals surface area contributed by atoms with Crippen LogP contribution < -0.4 is 5.73 Å². The molecule has 0 rings (SSSR count). The van der Waals surface area contributed by atoms with Gasteiger partial charge in [0, 0.05) is 6.04 Å². The normalized spacial score (nSPS) is 13.8. The molecule has 3 heteroatoms. The SMILES string of the molecule is CC(C)CCSCCC(N)CO. The molecule has 0 spiro atoms. The van der Waals surface area contributed by atoms with Crippen molar-refractivity contribution in [1.82, 2.24) is 0 Å². The number of thioether (sulfide) groups is 1. The molecule has 0 aliphatic carbocycles. The third-order valence-electron chi connectivity index (χ3n) is 1.71. The van der Waals surface area contributed by atoms with Crippen LogP contribution in [0, 0.1) is 5.92 Å². The number of rotatable bonds is 7. The van der Waals surface area contributed by atoms with E-state index < -0.39 is 0 Å². The molecular weight excluding hydrogens is 170 g/mol. The Labute approximate surface area is 79.9 Å². The van der Waals surface area contributed by atoms with Crippen LogP contribution in [0.2, 0.25) is 0 Å². The van der Waals surface area contributed by atoms with Gasteiger partial charge in [-0.15, -0.1) is 0 Å². The Balaban J connectivity index is 3.00. The average molecular weight is 191 g/mol. The van der Waals surface area contributed by atoms with Gasteiger partial charge in [-0.05, 0) is 30.3 Å². The van der Waals surface area contributed by atoms with Gasteiger partial charge in [-0.25, -0.2) is 0 Å². The minimum absolute atomic E-state index is 0.0171. The van der Waals surface area contributed by atoms with Crippen molar-refractivity contribution >= 4 is 11.8 Å². The van der Waals surface area contributed by atoms with Crippen LogP contribution in [0.5, 0.6) is 0 Å². The Morgan fingerprint density at radius 3 is 2.33 bits per heavy atom. The van der Waals surface area contributed by atoms with Crippen molar-refractivity contribution in [3.05, 3.63) is 0 Å². The van der Waals surface area contributed by atoms with Crippen LogP contribution in [-0.4, -0.2) is 29.3 Å². The van der Waals surface area contributed by atoms with Crippen LogP contribution in [0.25, 0.3) is 0 Å². The zero-order valence-electron chi connectivity index (χ0n) is 8.12. The molecule has 0 radical (unpaired) electrons. The molecule has 0 heterocycles. The first-order valence-electron chi connectivity index (χ1n) is 4.61. The van der Waals surface area contributed by atoms with Crippen LogP contribution in [0.4, 0.5) is 0 Å². The first-order chi connectivity index (χ1) is 5.66. The van der Waals surface area contributed by atoms with Crippen molar-refractivity contribution in [2.75, 3.05) is 18.1 Å². The Hall–Kier alpha value is 0.270. The Morgan fingerprint density at radius 2 is 1.83 bits per heavy atom. The van der Waals surface area contributed by atoms with E-state index in [2.05, 4.69) is 13.8 Å². The van der Waals surface area contributed by atoms with E-state index >= 15 is 0 Å². The van der Waals surface area contributed by atoms with Crippen molar-refractivity contribution in [2.45, 2.75) is 32.7 Å². The maximum atomic E-state index is 8.65. The van der Waals surface area contributed by atoms with Crippen molar-refractivity contribution in [3.8, 4) is 0 Å². The van der Waals surface area contributed by atoms with E-state index in [9.17, 15) is 0 Å². The molecule has 0 saturated heterocycles. The van der Waals surface area contributed by atoms with Gasteiger partial charge in [0.25, 0.3) is 0 Å². The third kappa shape index (κ3) is 8.37. The molecule has 0 fully saturated rings. The topological polar surface area (TPSA) is 46.2 Å². The van der Waals surface area contributed by atoms with Crippen LogP contribution in [0.1, 0.15) is 26.7 Å². The molecule has 0 aromatic carbocycles. The van der Waals surface area contributed by atoms with Gasteiger partial charge in [-0.1, -0.05) is 13.8 Å². The van der Waals surface area contributed by atoms with E-state index in [4.69, 9.17) is 10.8 Å². The van der Waals surface area contributed by atoms with Crippen molar-refractivity contribution < 1.29 is 5.11 Å². The molecule has 12 heavy (non-hydrogen) atoms. The highest BCUT2D eigenvalue weighted by molar-refractivity contribution is 7.99. The predicted octanol–water partition coefficient (Wildman–Crippen LogP) is 1.48. The molecule has 1 unspecified atom stereocenters. The van der Waals surface area contributed by atoms with Gasteiger partial charge in [-0.2, -0.15) is 11.8 Å². The van der Waals surface area contributed by atoms with Gasteiger partial charge in [0.1, 0.15) is 0 Å². The van der Waals surface area contributed by atoms with Crippen LogP contribution in [-0.2, 0) is 0 Å². The first-order valence-corrected chi connectivity index (χ1v) is 5.76. The highest BCUT2D eigenvalue weighted by Gasteiger charge is 1.99. The average Bonchev–Trinajstić information content (AvgIpc) is 2.03. The highest BCUT2D eigenvalue weighted by atomic mass is 32.2. The van der Waals surface area contributed by atoms with Crippen LogP contribution >= 0.6 is 11.8 Å². The fourth-order valence-electron chi connectivity index (χ4n) is 0.747. The molecule has 1 atom stereocenters. The van der Waals surface area contributed by atoms with Gasteiger partial charge in [-0.3, -0.25) is 0 Å². The third-order valence-corrected chi connectivity index (χ3v) is 2.76. The molecule has 0 saturated carbocycles. The van der Waals surface area contributed by atoms with Gasteiger partial charge < -0.3 is 10.8 Å². The lowest BCUT2D eigenvalue weighted by Gasteiger charge is -2.07. The van der Waals surface area contributed by atoms with Crippen molar-refractivity contribution in [3.63, 3.8) is 0 Å². The summed E-state index contributed by atoms with van der Waals surface area (Å²) in [6.45, 7) is 4.59. The largest absolute Gasteiger partial charge is 0.395 e. The number of aliphatic hydroxyl groups excluding tert-OH is 1. The zero-order valence-corrected chi connectivity index (χ0v) is 8.94. The Kier molecular flexibility index (Phi) is 8.07. The summed E-state index contributed by atoms with van der Waals surface area (Å²) in [6.07, 6.45) is 2.21. The van der Waals surface area contributed by atoms with E-state index in [1.54, 1.807) is 0 Å². The van der Waals surface area contributed by atoms with E-state index in [-0.39, 0.29) is 12.6 Å². The lowest BCUT2D eigenvalue weighted by Crippen LogP contribution is -2.24. The first kappa shape index (κ1) is 12.3. The fraction of sp³-hybridized carbons (Fsp3) is 1.00. The summed E-state index contributed by atoms with van der Waals surface area (Å²) >= 11 is 1.93. The molecular formula is C9H21NOS. The molecule has 0 aromatic heterocycles. The lowest BCUT2D eigenvalue weighted by atomic mass is 10.2. The summed E-state index contributed by atoms with van der Waals surface area (Å²) in [7, 11) is 0. The summed E-state index contributed by atoms with van der Waals surface area (Å²) in [4.78, 5) is 0. The number of nitrogens with two attached hydrogens (primary N) is 1. The summed E-state index contributed by atoms with van der Waals surface area (Å²) in [5.74, 6) is 3.09. The summed E-state index contributed by atoms with van der Waals surface area (Å²) in [6, 6.07) is -0.0171. The van der Waals surface area contributed by atoms with Gasteiger partial charge in [0.05, 0.1) is 6.61 Å². The molecule has 0 bridgehead atoms. The maximum absolute atomic E-state index is 8.65. The number of hydrogen-bond donors (Lipinski definition) is 2. The minimum atomic E-state index is -0.0171. The second-order valence-corrected chi connectivity index (χ2v) is 4.75. The minimum Gasteiger partial charge on any atom is -0.395 e. The Bertz CT molecular complexity index is 98.5. The van der Waals surface area contributed by atoms with Gasteiger partial charge in [0.2, 0.25) is 0 Å². The molecule has 0 amide bonds. The predicted molar refractivity (Wildman–Crippen MR) is 56.5 cm³/mol. The number of hydrogen-bond acceptors (Lipinski definition) is 3. The molecule has 0 aliphatic rings. The monoisotopic (exact) mass is 191 g/mol. The smallest absolute Gasteiger partial charge is 0.0582 e. The lowest BCUT2D eigenvalue weighted by molar-refractivity contribution is 0.264. The van der Waals surface area contributed by atoms with Crippen molar-refractivity contribution in [2.24, 2.45) is 11.7 Å². The Morgan fingerprint density at radius 1 is 1.25 bits per heavy atom. The fourth-order valence-corrected chi connectivity index (χ4v) is 2.06. The van der Waals surface area contributed by atoms with Crippen LogP contribution in [0.3, 0.4) is 0 Å². The zero-order chi connectivity index (χ0) is 9.40.